The van der Waals surface area contributed by atoms with E-state index in [0.717, 1.165) is 41.3 Å². The number of aromatic amines is 1. The summed E-state index contributed by atoms with van der Waals surface area (Å²) in [4.78, 5) is 16.3. The highest BCUT2D eigenvalue weighted by Gasteiger charge is 2.24. The van der Waals surface area contributed by atoms with Gasteiger partial charge in [-0.05, 0) is 48.1 Å². The molecule has 0 aliphatic heterocycles. The van der Waals surface area contributed by atoms with Crippen molar-refractivity contribution in [2.75, 3.05) is 0 Å². The lowest BCUT2D eigenvalue weighted by Crippen LogP contribution is -2.36. The molecule has 0 saturated heterocycles. The smallest absolute Gasteiger partial charge is 0.221 e. The number of carbonyl (C=O) groups excluding carboxylic acids is 1. The topological polar surface area (TPSA) is 44.9 Å². The number of amides is 1. The van der Waals surface area contributed by atoms with Crippen LogP contribution in [0.2, 0.25) is 0 Å². The van der Waals surface area contributed by atoms with Crippen LogP contribution in [-0.2, 0) is 11.2 Å². The van der Waals surface area contributed by atoms with Crippen LogP contribution in [0, 0.1) is 5.82 Å². The highest BCUT2D eigenvalue weighted by Crippen LogP contribution is 2.35. The number of carbonyl (C=O) groups is 1. The van der Waals surface area contributed by atoms with Gasteiger partial charge in [-0.2, -0.15) is 0 Å². The second kappa shape index (κ2) is 8.81. The van der Waals surface area contributed by atoms with Crippen LogP contribution in [0.4, 0.5) is 4.39 Å². The molecule has 4 heteroatoms. The lowest BCUT2D eigenvalue weighted by atomic mass is 9.87. The number of para-hydroxylation sites is 1. The SMILES string of the molecule is CCc1cccc2c([C@H](CC(=O)NC3CCCCC3)c3ccc(F)cc3)c[nH]c12. The minimum absolute atomic E-state index is 0.0761. The molecule has 1 heterocycles. The number of halogens is 1. The summed E-state index contributed by atoms with van der Waals surface area (Å²) in [6.07, 6.45) is 9.11. The summed E-state index contributed by atoms with van der Waals surface area (Å²) in [5.74, 6) is -0.293. The third-order valence-electron chi connectivity index (χ3n) is 6.22. The van der Waals surface area contributed by atoms with Gasteiger partial charge in [0, 0.05) is 35.5 Å². The van der Waals surface area contributed by atoms with Gasteiger partial charge in [0.2, 0.25) is 5.91 Å². The summed E-state index contributed by atoms with van der Waals surface area (Å²) in [5, 5.41) is 4.38. The molecular weight excluding hydrogens is 363 g/mol. The normalized spacial score (nSPS) is 16.1. The van der Waals surface area contributed by atoms with E-state index in [9.17, 15) is 9.18 Å². The Balaban J connectivity index is 1.65. The molecule has 0 spiro atoms. The molecule has 1 amide bonds. The summed E-state index contributed by atoms with van der Waals surface area (Å²) < 4.78 is 13.5. The van der Waals surface area contributed by atoms with Gasteiger partial charge >= 0.3 is 0 Å². The number of benzene rings is 2. The van der Waals surface area contributed by atoms with Gasteiger partial charge in [0.1, 0.15) is 5.82 Å². The van der Waals surface area contributed by atoms with Crippen molar-refractivity contribution >= 4 is 16.8 Å². The van der Waals surface area contributed by atoms with Crippen LogP contribution >= 0.6 is 0 Å². The quantitative estimate of drug-likeness (QED) is 0.544. The highest BCUT2D eigenvalue weighted by molar-refractivity contribution is 5.88. The number of hydrogen-bond donors (Lipinski definition) is 2. The van der Waals surface area contributed by atoms with E-state index in [-0.39, 0.29) is 17.6 Å². The van der Waals surface area contributed by atoms with E-state index in [0.29, 0.717) is 12.5 Å². The zero-order valence-corrected chi connectivity index (χ0v) is 17.0. The average molecular weight is 393 g/mol. The number of H-pyrrole nitrogens is 1. The van der Waals surface area contributed by atoms with Gasteiger partial charge in [0.05, 0.1) is 0 Å². The molecular formula is C25H29FN2O. The minimum Gasteiger partial charge on any atom is -0.361 e. The average Bonchev–Trinajstić information content (AvgIpc) is 3.17. The van der Waals surface area contributed by atoms with Gasteiger partial charge in [-0.15, -0.1) is 0 Å². The molecule has 29 heavy (non-hydrogen) atoms. The Bertz CT molecular complexity index is 970. The molecule has 3 nitrogen and oxygen atoms in total. The maximum absolute atomic E-state index is 13.5. The summed E-state index contributed by atoms with van der Waals surface area (Å²) in [6.45, 7) is 2.14. The van der Waals surface area contributed by atoms with Crippen LogP contribution < -0.4 is 5.32 Å². The molecule has 0 radical (unpaired) electrons. The van der Waals surface area contributed by atoms with E-state index in [2.05, 4.69) is 35.4 Å². The van der Waals surface area contributed by atoms with Crippen molar-refractivity contribution in [3.8, 4) is 0 Å². The number of aryl methyl sites for hydroxylation is 1. The van der Waals surface area contributed by atoms with Crippen molar-refractivity contribution in [3.63, 3.8) is 0 Å². The fraction of sp³-hybridized carbons (Fsp3) is 0.400. The summed E-state index contributed by atoms with van der Waals surface area (Å²) >= 11 is 0. The van der Waals surface area contributed by atoms with E-state index >= 15 is 0 Å². The number of rotatable bonds is 6. The van der Waals surface area contributed by atoms with E-state index < -0.39 is 0 Å². The van der Waals surface area contributed by atoms with Crippen LogP contribution in [-0.4, -0.2) is 16.9 Å². The molecule has 1 aliphatic rings. The molecule has 2 aromatic carbocycles. The first kappa shape index (κ1) is 19.7. The van der Waals surface area contributed by atoms with E-state index in [1.54, 1.807) is 12.1 Å². The Morgan fingerprint density at radius 1 is 1.14 bits per heavy atom. The van der Waals surface area contributed by atoms with Gasteiger partial charge in [0.25, 0.3) is 0 Å². The first-order chi connectivity index (χ1) is 14.2. The standard InChI is InChI=1S/C25H29FN2O/c1-2-17-7-6-10-21-23(16-27-25(17)21)22(18-11-13-19(26)14-12-18)15-24(29)28-20-8-4-3-5-9-20/h6-7,10-14,16,20,22,27H,2-5,8-9,15H2,1H3,(H,28,29)/t22-/m1/s1. The second-order valence-electron chi connectivity index (χ2n) is 8.15. The molecule has 0 unspecified atom stereocenters. The van der Waals surface area contributed by atoms with Crippen molar-refractivity contribution in [1.29, 1.82) is 0 Å². The third-order valence-corrected chi connectivity index (χ3v) is 6.22. The Hall–Kier alpha value is -2.62. The minimum atomic E-state index is -0.258. The Kier molecular flexibility index (Phi) is 5.98. The van der Waals surface area contributed by atoms with Crippen LogP contribution in [0.5, 0.6) is 0 Å². The highest BCUT2D eigenvalue weighted by atomic mass is 19.1. The third kappa shape index (κ3) is 4.36. The zero-order valence-electron chi connectivity index (χ0n) is 17.0. The van der Waals surface area contributed by atoms with E-state index in [4.69, 9.17) is 0 Å². The molecule has 1 saturated carbocycles. The van der Waals surface area contributed by atoms with Gasteiger partial charge in [-0.25, -0.2) is 4.39 Å². The summed E-state index contributed by atoms with van der Waals surface area (Å²) in [5.41, 5.74) is 4.46. The summed E-state index contributed by atoms with van der Waals surface area (Å²) in [7, 11) is 0. The van der Waals surface area contributed by atoms with Gasteiger partial charge in [-0.1, -0.05) is 56.5 Å². The zero-order chi connectivity index (χ0) is 20.2. The van der Waals surface area contributed by atoms with Crippen molar-refractivity contribution in [2.45, 2.75) is 63.8 Å². The lowest BCUT2D eigenvalue weighted by Gasteiger charge is -2.24. The van der Waals surface area contributed by atoms with Gasteiger partial charge in [-0.3, -0.25) is 4.79 Å². The van der Waals surface area contributed by atoms with E-state index in [1.807, 2.05) is 6.20 Å². The fourth-order valence-electron chi connectivity index (χ4n) is 4.64. The summed E-state index contributed by atoms with van der Waals surface area (Å²) in [6, 6.07) is 13.2. The number of aromatic nitrogens is 1. The first-order valence-electron chi connectivity index (χ1n) is 10.8. The van der Waals surface area contributed by atoms with Gasteiger partial charge in [0.15, 0.2) is 0 Å². The lowest BCUT2D eigenvalue weighted by molar-refractivity contribution is -0.122. The Morgan fingerprint density at radius 3 is 2.62 bits per heavy atom. The fourth-order valence-corrected chi connectivity index (χ4v) is 4.64. The number of fused-ring (bicyclic) bond motifs is 1. The number of nitrogens with one attached hydrogen (secondary N) is 2. The monoisotopic (exact) mass is 392 g/mol. The maximum atomic E-state index is 13.5. The molecule has 1 aromatic heterocycles. The number of hydrogen-bond acceptors (Lipinski definition) is 1. The second-order valence-corrected chi connectivity index (χ2v) is 8.15. The molecule has 1 atom stereocenters. The van der Waals surface area contributed by atoms with Crippen molar-refractivity contribution in [1.82, 2.24) is 10.3 Å². The molecule has 1 fully saturated rings. The molecule has 3 aromatic rings. The molecule has 152 valence electrons. The van der Waals surface area contributed by atoms with Crippen LogP contribution in [0.3, 0.4) is 0 Å². The van der Waals surface area contributed by atoms with Crippen LogP contribution in [0.25, 0.3) is 10.9 Å². The predicted octanol–water partition coefficient (Wildman–Crippen LogP) is 5.84. The van der Waals surface area contributed by atoms with Crippen molar-refractivity contribution in [3.05, 3.63) is 71.2 Å². The van der Waals surface area contributed by atoms with Crippen LogP contribution in [0.1, 0.15) is 68.1 Å². The van der Waals surface area contributed by atoms with Crippen molar-refractivity contribution < 1.29 is 9.18 Å². The van der Waals surface area contributed by atoms with Crippen LogP contribution in [0.15, 0.2) is 48.7 Å². The molecule has 2 N–H and O–H groups in total. The first-order valence-corrected chi connectivity index (χ1v) is 10.8. The van der Waals surface area contributed by atoms with E-state index in [1.165, 1.54) is 37.0 Å². The Labute approximate surface area is 171 Å². The van der Waals surface area contributed by atoms with Crippen molar-refractivity contribution in [2.24, 2.45) is 0 Å². The molecule has 1 aliphatic carbocycles. The van der Waals surface area contributed by atoms with Gasteiger partial charge < -0.3 is 10.3 Å². The largest absolute Gasteiger partial charge is 0.361 e. The molecule has 4 rings (SSSR count). The maximum Gasteiger partial charge on any atom is 0.221 e. The predicted molar refractivity (Wildman–Crippen MR) is 116 cm³/mol. The molecule has 0 bridgehead atoms. The Morgan fingerprint density at radius 2 is 1.90 bits per heavy atom.